The Bertz CT molecular complexity index is 978. The van der Waals surface area contributed by atoms with Gasteiger partial charge in [-0.15, -0.1) is 0 Å². The lowest BCUT2D eigenvalue weighted by Gasteiger charge is -2.23. The van der Waals surface area contributed by atoms with Gasteiger partial charge < -0.3 is 15.6 Å². The first-order valence-corrected chi connectivity index (χ1v) is 9.16. The van der Waals surface area contributed by atoms with Gasteiger partial charge >= 0.3 is 0 Å². The quantitative estimate of drug-likeness (QED) is 0.559. The maximum atomic E-state index is 12.6. The average Bonchev–Trinajstić information content (AvgIpc) is 3.06. The number of amides is 2. The van der Waals surface area contributed by atoms with Crippen LogP contribution in [0, 0.1) is 5.41 Å². The summed E-state index contributed by atoms with van der Waals surface area (Å²) in [5.74, 6) is -0.730. The van der Waals surface area contributed by atoms with Crippen molar-refractivity contribution in [1.82, 2.24) is 10.3 Å². The SMILES string of the molecule is CC(C)(C(=O)NCCc1c[nH]c2ccccc12)C(=O)Nc1ccccc1Cl. The number of aromatic nitrogens is 1. The van der Waals surface area contributed by atoms with E-state index >= 15 is 0 Å². The molecule has 0 atom stereocenters. The summed E-state index contributed by atoms with van der Waals surface area (Å²) < 4.78 is 0. The highest BCUT2D eigenvalue weighted by molar-refractivity contribution is 6.33. The lowest BCUT2D eigenvalue weighted by molar-refractivity contribution is -0.138. The van der Waals surface area contributed by atoms with Gasteiger partial charge in [0.05, 0.1) is 10.7 Å². The minimum atomic E-state index is -1.22. The number of H-pyrrole nitrogens is 1. The molecule has 27 heavy (non-hydrogen) atoms. The normalized spacial score (nSPS) is 11.4. The second-order valence-corrected chi connectivity index (χ2v) is 7.33. The van der Waals surface area contributed by atoms with E-state index in [1.807, 2.05) is 30.5 Å². The van der Waals surface area contributed by atoms with Gasteiger partial charge in [-0.05, 0) is 44.0 Å². The van der Waals surface area contributed by atoms with E-state index in [4.69, 9.17) is 11.6 Å². The highest BCUT2D eigenvalue weighted by Gasteiger charge is 2.36. The lowest BCUT2D eigenvalue weighted by atomic mass is 9.91. The second-order valence-electron chi connectivity index (χ2n) is 6.92. The molecule has 3 rings (SSSR count). The van der Waals surface area contributed by atoms with E-state index in [9.17, 15) is 9.59 Å². The van der Waals surface area contributed by atoms with E-state index in [1.165, 1.54) is 0 Å². The summed E-state index contributed by atoms with van der Waals surface area (Å²) >= 11 is 6.07. The third-order valence-electron chi connectivity index (χ3n) is 4.61. The van der Waals surface area contributed by atoms with Crippen LogP contribution in [-0.4, -0.2) is 23.3 Å². The number of hydrogen-bond acceptors (Lipinski definition) is 2. The molecule has 0 unspecified atom stereocenters. The van der Waals surface area contributed by atoms with E-state index in [0.717, 1.165) is 16.5 Å². The molecule has 0 saturated carbocycles. The van der Waals surface area contributed by atoms with Crippen LogP contribution in [0.5, 0.6) is 0 Å². The molecule has 1 heterocycles. The number of anilines is 1. The molecule has 2 amide bonds. The summed E-state index contributed by atoms with van der Waals surface area (Å²) in [6, 6.07) is 15.0. The van der Waals surface area contributed by atoms with Crippen LogP contribution in [0.15, 0.2) is 54.7 Å². The first-order valence-electron chi connectivity index (χ1n) is 8.79. The Kier molecular flexibility index (Phi) is 5.51. The fourth-order valence-corrected chi connectivity index (χ4v) is 3.00. The van der Waals surface area contributed by atoms with Gasteiger partial charge in [-0.2, -0.15) is 0 Å². The number of para-hydroxylation sites is 2. The van der Waals surface area contributed by atoms with E-state index in [2.05, 4.69) is 15.6 Å². The van der Waals surface area contributed by atoms with E-state index < -0.39 is 11.3 Å². The minimum absolute atomic E-state index is 0.327. The van der Waals surface area contributed by atoms with Crippen LogP contribution in [0.3, 0.4) is 0 Å². The van der Waals surface area contributed by atoms with E-state index in [0.29, 0.717) is 23.7 Å². The monoisotopic (exact) mass is 383 g/mol. The molecular weight excluding hydrogens is 362 g/mol. The topological polar surface area (TPSA) is 74.0 Å². The van der Waals surface area contributed by atoms with Crippen LogP contribution in [0.1, 0.15) is 19.4 Å². The van der Waals surface area contributed by atoms with Crippen molar-refractivity contribution < 1.29 is 9.59 Å². The third kappa shape index (κ3) is 4.14. The number of nitrogens with one attached hydrogen (secondary N) is 3. The Balaban J connectivity index is 1.59. The summed E-state index contributed by atoms with van der Waals surface area (Å²) in [6.07, 6.45) is 2.63. The molecule has 3 N–H and O–H groups in total. The largest absolute Gasteiger partial charge is 0.361 e. The maximum Gasteiger partial charge on any atom is 0.239 e. The van der Waals surface area contributed by atoms with Gasteiger partial charge in [-0.25, -0.2) is 0 Å². The highest BCUT2D eigenvalue weighted by atomic mass is 35.5. The second kappa shape index (κ2) is 7.84. The van der Waals surface area contributed by atoms with Gasteiger partial charge in [0.25, 0.3) is 0 Å². The molecule has 0 fully saturated rings. The van der Waals surface area contributed by atoms with Crippen molar-refractivity contribution in [2.24, 2.45) is 5.41 Å². The molecule has 0 bridgehead atoms. The molecule has 0 radical (unpaired) electrons. The molecule has 3 aromatic rings. The smallest absolute Gasteiger partial charge is 0.239 e. The predicted octanol–water partition coefficient (Wildman–Crippen LogP) is 4.14. The molecule has 0 aliphatic rings. The minimum Gasteiger partial charge on any atom is -0.361 e. The molecule has 6 heteroatoms. The zero-order valence-corrected chi connectivity index (χ0v) is 16.1. The first-order chi connectivity index (χ1) is 12.9. The molecule has 2 aromatic carbocycles. The van der Waals surface area contributed by atoms with E-state index in [-0.39, 0.29) is 5.91 Å². The molecule has 0 aliphatic heterocycles. The molecule has 0 aliphatic carbocycles. The first kappa shape index (κ1) is 19.0. The van der Waals surface area contributed by atoms with Gasteiger partial charge in [0.1, 0.15) is 5.41 Å². The molecule has 5 nitrogen and oxygen atoms in total. The predicted molar refractivity (Wildman–Crippen MR) is 109 cm³/mol. The van der Waals surface area contributed by atoms with Crippen LogP contribution in [-0.2, 0) is 16.0 Å². The van der Waals surface area contributed by atoms with Gasteiger partial charge in [-0.1, -0.05) is 41.9 Å². The Morgan fingerprint density at radius 1 is 1.04 bits per heavy atom. The third-order valence-corrected chi connectivity index (χ3v) is 4.94. The van der Waals surface area contributed by atoms with Crippen molar-refractivity contribution in [1.29, 1.82) is 0 Å². The fourth-order valence-electron chi connectivity index (χ4n) is 2.81. The van der Waals surface area contributed by atoms with Crippen LogP contribution >= 0.6 is 11.6 Å². The number of carbonyl (C=O) groups is 2. The van der Waals surface area contributed by atoms with Gasteiger partial charge in [0, 0.05) is 23.6 Å². The summed E-state index contributed by atoms with van der Waals surface area (Å²) in [5, 5.41) is 7.16. The summed E-state index contributed by atoms with van der Waals surface area (Å²) in [5.41, 5.74) is 1.46. The zero-order chi connectivity index (χ0) is 19.4. The maximum absolute atomic E-state index is 12.6. The zero-order valence-electron chi connectivity index (χ0n) is 15.3. The van der Waals surface area contributed by atoms with Crippen LogP contribution < -0.4 is 10.6 Å². The Labute approximate surface area is 163 Å². The van der Waals surface area contributed by atoms with Gasteiger partial charge in [0.15, 0.2) is 0 Å². The van der Waals surface area contributed by atoms with Crippen molar-refractivity contribution in [3.63, 3.8) is 0 Å². The summed E-state index contributed by atoms with van der Waals surface area (Å²) in [4.78, 5) is 28.3. The lowest BCUT2D eigenvalue weighted by Crippen LogP contribution is -2.45. The molecule has 1 aromatic heterocycles. The summed E-state index contributed by atoms with van der Waals surface area (Å²) in [6.45, 7) is 3.64. The van der Waals surface area contributed by atoms with Crippen LogP contribution in [0.4, 0.5) is 5.69 Å². The van der Waals surface area contributed by atoms with Crippen molar-refractivity contribution in [3.8, 4) is 0 Å². The van der Waals surface area contributed by atoms with Crippen LogP contribution in [0.25, 0.3) is 10.9 Å². The van der Waals surface area contributed by atoms with E-state index in [1.54, 1.807) is 38.1 Å². The molecule has 140 valence electrons. The van der Waals surface area contributed by atoms with Gasteiger partial charge in [-0.3, -0.25) is 9.59 Å². The Morgan fingerprint density at radius 3 is 2.52 bits per heavy atom. The number of aromatic amines is 1. The average molecular weight is 384 g/mol. The molecule has 0 spiro atoms. The summed E-state index contributed by atoms with van der Waals surface area (Å²) in [7, 11) is 0. The Hall–Kier alpha value is -2.79. The number of hydrogen-bond donors (Lipinski definition) is 3. The standard InChI is InChI=1S/C21H22ClN3O2/c1-21(2,20(27)25-18-10-6-4-8-16(18)22)19(26)23-12-11-14-13-24-17-9-5-3-7-15(14)17/h3-10,13,24H,11-12H2,1-2H3,(H,23,26)(H,25,27). The highest BCUT2D eigenvalue weighted by Crippen LogP contribution is 2.24. The number of rotatable bonds is 6. The van der Waals surface area contributed by atoms with Crippen LogP contribution in [0.2, 0.25) is 5.02 Å². The molecular formula is C21H22ClN3O2. The van der Waals surface area contributed by atoms with Gasteiger partial charge in [0.2, 0.25) is 11.8 Å². The Morgan fingerprint density at radius 2 is 1.74 bits per heavy atom. The number of fused-ring (bicyclic) bond motifs is 1. The number of carbonyl (C=O) groups excluding carboxylic acids is 2. The van der Waals surface area contributed by atoms with Crippen molar-refractivity contribution >= 4 is 40.0 Å². The number of halogens is 1. The van der Waals surface area contributed by atoms with Crippen molar-refractivity contribution in [2.75, 3.05) is 11.9 Å². The van der Waals surface area contributed by atoms with Crippen molar-refractivity contribution in [2.45, 2.75) is 20.3 Å². The molecule has 0 saturated heterocycles. The fraction of sp³-hybridized carbons (Fsp3) is 0.238. The van der Waals surface area contributed by atoms with Crippen molar-refractivity contribution in [3.05, 3.63) is 65.3 Å². The number of benzene rings is 2.